The Bertz CT molecular complexity index is 639. The molecule has 3 N–H and O–H groups in total. The third-order valence-corrected chi connectivity index (χ3v) is 3.10. The van der Waals surface area contributed by atoms with E-state index in [1.165, 1.54) is 0 Å². The Morgan fingerprint density at radius 3 is 2.95 bits per heavy atom. The summed E-state index contributed by atoms with van der Waals surface area (Å²) in [5.74, 6) is 0.660. The molecule has 104 valence electrons. The molecular weight excluding hydrogens is 274 g/mol. The normalized spacial score (nSPS) is 10.9. The van der Waals surface area contributed by atoms with Crippen molar-refractivity contribution in [2.45, 2.75) is 13.5 Å². The van der Waals surface area contributed by atoms with Crippen molar-refractivity contribution in [2.24, 2.45) is 4.99 Å². The average Bonchev–Trinajstić information content (AvgIpc) is 2.41. The van der Waals surface area contributed by atoms with Gasteiger partial charge in [0.25, 0.3) is 0 Å². The monoisotopic (exact) mass is 289 g/mol. The van der Waals surface area contributed by atoms with Crippen LogP contribution < -0.4 is 11.1 Å². The van der Waals surface area contributed by atoms with Gasteiger partial charge >= 0.3 is 0 Å². The molecule has 0 bridgehead atoms. The Morgan fingerprint density at radius 2 is 2.25 bits per heavy atom. The molecule has 0 fully saturated rings. The molecule has 2 rings (SSSR count). The van der Waals surface area contributed by atoms with Gasteiger partial charge in [0.1, 0.15) is 11.0 Å². The van der Waals surface area contributed by atoms with Crippen LogP contribution in [0.4, 0.5) is 11.4 Å². The van der Waals surface area contributed by atoms with E-state index in [1.54, 1.807) is 26.4 Å². The van der Waals surface area contributed by atoms with Gasteiger partial charge in [0.05, 0.1) is 0 Å². The second-order valence-electron chi connectivity index (χ2n) is 4.32. The highest BCUT2D eigenvalue weighted by Gasteiger charge is 2.04. The summed E-state index contributed by atoms with van der Waals surface area (Å²) in [6, 6.07) is 5.68. The predicted molar refractivity (Wildman–Crippen MR) is 83.5 cm³/mol. The van der Waals surface area contributed by atoms with E-state index in [9.17, 15) is 0 Å². The van der Waals surface area contributed by atoms with E-state index in [0.29, 0.717) is 23.2 Å². The average molecular weight is 290 g/mol. The molecule has 0 radical (unpaired) electrons. The van der Waals surface area contributed by atoms with Crippen molar-refractivity contribution in [1.82, 2.24) is 9.97 Å². The minimum Gasteiger partial charge on any atom is -0.398 e. The summed E-state index contributed by atoms with van der Waals surface area (Å²) >= 11 is 6.07. The van der Waals surface area contributed by atoms with E-state index in [0.717, 1.165) is 16.8 Å². The number of hydrogen-bond acceptors (Lipinski definition) is 5. The molecule has 0 aliphatic carbocycles. The van der Waals surface area contributed by atoms with Gasteiger partial charge in [-0.1, -0.05) is 11.6 Å². The standard InChI is InChI=1S/C14H16ClN5/c1-9-18-7-11(14(15)20-9)8-19-12-3-4-13(16)10(5-12)6-17-2/h3-7,19H,8,16H2,1-2H3. The van der Waals surface area contributed by atoms with E-state index in [-0.39, 0.29) is 0 Å². The summed E-state index contributed by atoms with van der Waals surface area (Å²) in [6.07, 6.45) is 3.45. The smallest absolute Gasteiger partial charge is 0.137 e. The van der Waals surface area contributed by atoms with Gasteiger partial charge < -0.3 is 11.1 Å². The second-order valence-corrected chi connectivity index (χ2v) is 4.68. The van der Waals surface area contributed by atoms with Gasteiger partial charge in [0, 0.05) is 48.5 Å². The van der Waals surface area contributed by atoms with Crippen LogP contribution in [0.2, 0.25) is 5.15 Å². The van der Waals surface area contributed by atoms with E-state index in [4.69, 9.17) is 17.3 Å². The summed E-state index contributed by atoms with van der Waals surface area (Å²) in [6.45, 7) is 2.35. The van der Waals surface area contributed by atoms with E-state index < -0.39 is 0 Å². The first-order chi connectivity index (χ1) is 9.60. The molecule has 0 aliphatic rings. The number of benzene rings is 1. The number of nitrogen functional groups attached to an aromatic ring is 1. The molecule has 1 aromatic carbocycles. The van der Waals surface area contributed by atoms with Crippen LogP contribution in [-0.2, 0) is 6.54 Å². The highest BCUT2D eigenvalue weighted by atomic mass is 35.5. The molecule has 0 aliphatic heterocycles. The molecule has 1 aromatic heterocycles. The highest BCUT2D eigenvalue weighted by Crippen LogP contribution is 2.18. The van der Waals surface area contributed by atoms with Gasteiger partial charge in [-0.2, -0.15) is 0 Å². The fourth-order valence-corrected chi connectivity index (χ4v) is 1.96. The molecule has 0 amide bonds. The van der Waals surface area contributed by atoms with Crippen LogP contribution in [0.5, 0.6) is 0 Å². The molecule has 0 unspecified atom stereocenters. The minimum absolute atomic E-state index is 0.468. The Hall–Kier alpha value is -2.14. The number of rotatable bonds is 4. The zero-order valence-corrected chi connectivity index (χ0v) is 12.1. The van der Waals surface area contributed by atoms with Crippen LogP contribution in [0.25, 0.3) is 0 Å². The molecule has 1 heterocycles. The lowest BCUT2D eigenvalue weighted by Crippen LogP contribution is -2.04. The maximum atomic E-state index is 6.07. The summed E-state index contributed by atoms with van der Waals surface area (Å²) in [4.78, 5) is 12.2. The van der Waals surface area contributed by atoms with Crippen LogP contribution >= 0.6 is 11.6 Å². The number of aromatic nitrogens is 2. The molecule has 0 saturated carbocycles. The van der Waals surface area contributed by atoms with E-state index in [1.807, 2.05) is 18.2 Å². The number of halogens is 1. The van der Waals surface area contributed by atoms with Crippen LogP contribution in [0.15, 0.2) is 29.4 Å². The first kappa shape index (κ1) is 14.3. The number of nitrogens with one attached hydrogen (secondary N) is 1. The fraction of sp³-hybridized carbons (Fsp3) is 0.214. The van der Waals surface area contributed by atoms with Crippen molar-refractivity contribution in [1.29, 1.82) is 0 Å². The molecule has 0 atom stereocenters. The third kappa shape index (κ3) is 3.45. The molecule has 0 spiro atoms. The van der Waals surface area contributed by atoms with Gasteiger partial charge in [0.15, 0.2) is 0 Å². The van der Waals surface area contributed by atoms with Crippen LogP contribution in [0.3, 0.4) is 0 Å². The van der Waals surface area contributed by atoms with Crippen molar-refractivity contribution < 1.29 is 0 Å². The first-order valence-electron chi connectivity index (χ1n) is 6.13. The van der Waals surface area contributed by atoms with Gasteiger partial charge in [-0.25, -0.2) is 9.97 Å². The van der Waals surface area contributed by atoms with Crippen LogP contribution in [0.1, 0.15) is 17.0 Å². The SMILES string of the molecule is CN=Cc1cc(NCc2cnc(C)nc2Cl)ccc1N. The highest BCUT2D eigenvalue weighted by molar-refractivity contribution is 6.30. The number of hydrogen-bond donors (Lipinski definition) is 2. The predicted octanol–water partition coefficient (Wildman–Crippen LogP) is 2.68. The summed E-state index contributed by atoms with van der Waals surface area (Å²) < 4.78 is 0. The largest absolute Gasteiger partial charge is 0.398 e. The molecule has 0 saturated heterocycles. The number of aryl methyl sites for hydroxylation is 1. The van der Waals surface area contributed by atoms with Crippen LogP contribution in [0, 0.1) is 6.92 Å². The Balaban J connectivity index is 2.12. The van der Waals surface area contributed by atoms with Gasteiger partial charge in [-0.05, 0) is 25.1 Å². The quantitative estimate of drug-likeness (QED) is 0.515. The fourth-order valence-electron chi connectivity index (χ4n) is 1.72. The third-order valence-electron chi connectivity index (χ3n) is 2.77. The Labute approximate surface area is 122 Å². The summed E-state index contributed by atoms with van der Waals surface area (Å²) in [5, 5.41) is 3.73. The number of aliphatic imine (C=N–C) groups is 1. The first-order valence-corrected chi connectivity index (χ1v) is 6.51. The van der Waals surface area contributed by atoms with E-state index in [2.05, 4.69) is 20.3 Å². The summed E-state index contributed by atoms with van der Waals surface area (Å²) in [7, 11) is 1.71. The van der Waals surface area contributed by atoms with Crippen molar-refractivity contribution in [3.05, 3.63) is 46.5 Å². The topological polar surface area (TPSA) is 76.2 Å². The number of nitrogens with two attached hydrogens (primary N) is 1. The zero-order chi connectivity index (χ0) is 14.5. The van der Waals surface area contributed by atoms with Crippen LogP contribution in [-0.4, -0.2) is 23.2 Å². The van der Waals surface area contributed by atoms with Gasteiger partial charge in [-0.15, -0.1) is 0 Å². The number of nitrogens with zero attached hydrogens (tertiary/aromatic N) is 3. The van der Waals surface area contributed by atoms with Gasteiger partial charge in [-0.3, -0.25) is 4.99 Å². The maximum Gasteiger partial charge on any atom is 0.137 e. The summed E-state index contributed by atoms with van der Waals surface area (Å²) in [5.41, 5.74) is 9.22. The van der Waals surface area contributed by atoms with Gasteiger partial charge in [0.2, 0.25) is 0 Å². The molecule has 6 heteroatoms. The molecular formula is C14H16ClN5. The lowest BCUT2D eigenvalue weighted by atomic mass is 10.1. The molecule has 20 heavy (non-hydrogen) atoms. The van der Waals surface area contributed by atoms with Crippen molar-refractivity contribution in [2.75, 3.05) is 18.1 Å². The van der Waals surface area contributed by atoms with Crippen molar-refractivity contribution >= 4 is 29.2 Å². The Kier molecular flexibility index (Phi) is 4.53. The van der Waals surface area contributed by atoms with Crippen molar-refractivity contribution in [3.63, 3.8) is 0 Å². The van der Waals surface area contributed by atoms with Crippen molar-refractivity contribution in [3.8, 4) is 0 Å². The number of anilines is 2. The minimum atomic E-state index is 0.468. The lowest BCUT2D eigenvalue weighted by Gasteiger charge is -2.09. The zero-order valence-electron chi connectivity index (χ0n) is 11.4. The molecule has 5 nitrogen and oxygen atoms in total. The lowest BCUT2D eigenvalue weighted by molar-refractivity contribution is 0.994. The second kappa shape index (κ2) is 6.34. The van der Waals surface area contributed by atoms with E-state index >= 15 is 0 Å². The maximum absolute atomic E-state index is 6.07. The Morgan fingerprint density at radius 1 is 1.45 bits per heavy atom. The molecule has 2 aromatic rings.